The van der Waals surface area contributed by atoms with E-state index in [-0.39, 0.29) is 17.4 Å². The largest absolute Gasteiger partial charge is 0.384 e. The van der Waals surface area contributed by atoms with Crippen LogP contribution in [0.2, 0.25) is 0 Å². The Morgan fingerprint density at radius 1 is 1.28 bits per heavy atom. The number of aromatic nitrogens is 2. The molecule has 3 atom stereocenters. The molecule has 2 bridgehead atoms. The Morgan fingerprint density at radius 3 is 2.83 bits per heavy atom. The molecule has 3 heterocycles. The molecule has 6 heteroatoms. The molecule has 1 N–H and O–H groups in total. The van der Waals surface area contributed by atoms with Crippen LogP contribution >= 0.6 is 0 Å². The van der Waals surface area contributed by atoms with Crippen molar-refractivity contribution in [3.05, 3.63) is 54.0 Å². The number of amides is 1. The number of nitrogens with zero attached hydrogens (tertiary/aromatic N) is 3. The van der Waals surface area contributed by atoms with Crippen LogP contribution in [-0.4, -0.2) is 48.2 Å². The predicted octanol–water partition coefficient (Wildman–Crippen LogP) is 2.58. The van der Waals surface area contributed by atoms with E-state index in [0.29, 0.717) is 18.6 Å². The van der Waals surface area contributed by atoms with Crippen molar-refractivity contribution in [2.75, 3.05) is 25.2 Å². The number of rotatable bonds is 7. The van der Waals surface area contributed by atoms with Crippen molar-refractivity contribution >= 4 is 11.7 Å². The lowest BCUT2D eigenvalue weighted by atomic mass is 9.68. The number of carbonyl (C=O) groups is 1. The van der Waals surface area contributed by atoms with Gasteiger partial charge in [-0.1, -0.05) is 36.8 Å². The van der Waals surface area contributed by atoms with E-state index in [0.717, 1.165) is 50.3 Å². The molecule has 1 amide bonds. The summed E-state index contributed by atoms with van der Waals surface area (Å²) < 4.78 is 5.34. The van der Waals surface area contributed by atoms with Crippen LogP contribution in [0, 0.1) is 11.3 Å². The van der Waals surface area contributed by atoms with E-state index in [4.69, 9.17) is 9.72 Å². The monoisotopic (exact) mass is 392 g/mol. The Morgan fingerprint density at radius 2 is 2.10 bits per heavy atom. The number of benzene rings is 1. The van der Waals surface area contributed by atoms with Crippen LogP contribution in [0.3, 0.4) is 0 Å². The predicted molar refractivity (Wildman–Crippen MR) is 111 cm³/mol. The Balaban J connectivity index is 1.26. The number of anilines is 1. The van der Waals surface area contributed by atoms with Gasteiger partial charge in [0.15, 0.2) is 0 Å². The summed E-state index contributed by atoms with van der Waals surface area (Å²) in [5, 5.41) is 3.36. The van der Waals surface area contributed by atoms with E-state index in [1.54, 1.807) is 7.11 Å². The molecule has 2 aliphatic heterocycles. The lowest BCUT2D eigenvalue weighted by Crippen LogP contribution is -2.59. The van der Waals surface area contributed by atoms with Crippen molar-refractivity contribution in [1.29, 1.82) is 0 Å². The lowest BCUT2D eigenvalue weighted by Gasteiger charge is -2.44. The molecule has 2 saturated carbocycles. The van der Waals surface area contributed by atoms with Gasteiger partial charge >= 0.3 is 0 Å². The SMILES string of the molecule is COCC1(C(=O)NC2C3CC2N(c2ccnc(Cc4ccccc4)n2)C3)CCC1. The Bertz CT molecular complexity index is 883. The summed E-state index contributed by atoms with van der Waals surface area (Å²) in [7, 11) is 1.68. The molecule has 2 aromatic rings. The van der Waals surface area contributed by atoms with Gasteiger partial charge in [0.25, 0.3) is 0 Å². The molecule has 2 aliphatic carbocycles. The fraction of sp³-hybridized carbons (Fsp3) is 0.522. The fourth-order valence-electron chi connectivity index (χ4n) is 5.13. The van der Waals surface area contributed by atoms with Crippen molar-refractivity contribution < 1.29 is 9.53 Å². The quantitative estimate of drug-likeness (QED) is 0.784. The van der Waals surface area contributed by atoms with E-state index in [1.807, 2.05) is 30.5 Å². The van der Waals surface area contributed by atoms with Gasteiger partial charge in [0.05, 0.1) is 24.1 Å². The summed E-state index contributed by atoms with van der Waals surface area (Å²) in [4.78, 5) is 24.6. The first kappa shape index (κ1) is 18.6. The first-order valence-electron chi connectivity index (χ1n) is 10.6. The van der Waals surface area contributed by atoms with Gasteiger partial charge in [-0.3, -0.25) is 4.79 Å². The van der Waals surface area contributed by atoms with Gasteiger partial charge in [0, 0.05) is 32.2 Å². The zero-order valence-electron chi connectivity index (χ0n) is 16.9. The van der Waals surface area contributed by atoms with Crippen LogP contribution in [0.15, 0.2) is 42.6 Å². The van der Waals surface area contributed by atoms with Crippen LogP contribution in [0.5, 0.6) is 0 Å². The molecule has 4 fully saturated rings. The molecule has 0 radical (unpaired) electrons. The second-order valence-electron chi connectivity index (χ2n) is 8.78. The minimum atomic E-state index is -0.299. The second kappa shape index (κ2) is 7.41. The number of ether oxygens (including phenoxy) is 1. The third kappa shape index (κ3) is 3.29. The van der Waals surface area contributed by atoms with E-state index in [1.165, 1.54) is 5.56 Å². The van der Waals surface area contributed by atoms with Crippen molar-refractivity contribution in [3.63, 3.8) is 0 Å². The summed E-state index contributed by atoms with van der Waals surface area (Å²) in [6.07, 6.45) is 6.70. The molecular weight excluding hydrogens is 364 g/mol. The highest BCUT2D eigenvalue weighted by Crippen LogP contribution is 2.45. The molecule has 29 heavy (non-hydrogen) atoms. The molecule has 6 rings (SSSR count). The van der Waals surface area contributed by atoms with Crippen LogP contribution < -0.4 is 10.2 Å². The van der Waals surface area contributed by atoms with E-state index < -0.39 is 0 Å². The first-order chi connectivity index (χ1) is 14.2. The highest BCUT2D eigenvalue weighted by molar-refractivity contribution is 5.84. The molecule has 2 saturated heterocycles. The highest BCUT2D eigenvalue weighted by atomic mass is 16.5. The third-order valence-electron chi connectivity index (χ3n) is 7.00. The summed E-state index contributed by atoms with van der Waals surface area (Å²) in [5.41, 5.74) is 0.913. The number of hydrogen-bond donors (Lipinski definition) is 1. The van der Waals surface area contributed by atoms with Gasteiger partial charge in [0.1, 0.15) is 11.6 Å². The smallest absolute Gasteiger partial charge is 0.228 e. The molecule has 1 aromatic heterocycles. The van der Waals surface area contributed by atoms with E-state index in [2.05, 4.69) is 27.3 Å². The zero-order valence-corrected chi connectivity index (χ0v) is 16.9. The van der Waals surface area contributed by atoms with E-state index in [9.17, 15) is 4.79 Å². The maximum absolute atomic E-state index is 12.9. The maximum atomic E-state index is 12.9. The van der Waals surface area contributed by atoms with Crippen LogP contribution in [0.25, 0.3) is 0 Å². The van der Waals surface area contributed by atoms with Gasteiger partial charge in [-0.05, 0) is 30.9 Å². The van der Waals surface area contributed by atoms with Crippen molar-refractivity contribution in [2.24, 2.45) is 11.3 Å². The molecular formula is C23H28N4O2. The molecule has 6 nitrogen and oxygen atoms in total. The van der Waals surface area contributed by atoms with Gasteiger partial charge in [-0.2, -0.15) is 0 Å². The average molecular weight is 393 g/mol. The maximum Gasteiger partial charge on any atom is 0.228 e. The Hall–Kier alpha value is -2.47. The Kier molecular flexibility index (Phi) is 4.74. The highest BCUT2D eigenvalue weighted by Gasteiger charge is 2.55. The Labute approximate surface area is 171 Å². The molecule has 0 spiro atoms. The third-order valence-corrected chi connectivity index (χ3v) is 7.00. The van der Waals surface area contributed by atoms with Crippen LogP contribution in [-0.2, 0) is 16.0 Å². The van der Waals surface area contributed by atoms with Gasteiger partial charge in [0.2, 0.25) is 5.91 Å². The zero-order chi connectivity index (χ0) is 19.8. The molecule has 3 unspecified atom stereocenters. The van der Waals surface area contributed by atoms with Crippen molar-refractivity contribution in [1.82, 2.24) is 15.3 Å². The minimum absolute atomic E-state index is 0.180. The van der Waals surface area contributed by atoms with Crippen LogP contribution in [0.1, 0.15) is 37.1 Å². The van der Waals surface area contributed by atoms with Crippen LogP contribution in [0.4, 0.5) is 5.82 Å². The van der Waals surface area contributed by atoms with E-state index >= 15 is 0 Å². The average Bonchev–Trinajstić information content (AvgIpc) is 3.30. The topological polar surface area (TPSA) is 67.3 Å². The summed E-state index contributed by atoms with van der Waals surface area (Å²) >= 11 is 0. The summed E-state index contributed by atoms with van der Waals surface area (Å²) in [5.74, 6) is 2.51. The standard InChI is InChI=1S/C23H28N4O2/c1-29-15-23(9-5-10-23)22(28)26-21-17-13-18(21)27(14-17)20-8-11-24-19(25-20)12-16-6-3-2-4-7-16/h2-4,6-8,11,17-18,21H,5,9-10,12-15H2,1H3,(H,26,28). The van der Waals surface area contributed by atoms with Crippen molar-refractivity contribution in [2.45, 2.75) is 44.2 Å². The molecule has 4 aliphatic rings. The van der Waals surface area contributed by atoms with Gasteiger partial charge in [-0.25, -0.2) is 9.97 Å². The normalized spacial score (nSPS) is 26.5. The first-order valence-corrected chi connectivity index (χ1v) is 10.6. The fourth-order valence-corrected chi connectivity index (χ4v) is 5.13. The summed E-state index contributed by atoms with van der Waals surface area (Å²) in [6.45, 7) is 1.48. The van der Waals surface area contributed by atoms with Crippen molar-refractivity contribution in [3.8, 4) is 0 Å². The second-order valence-corrected chi connectivity index (χ2v) is 8.78. The number of hydrogen-bond acceptors (Lipinski definition) is 5. The molecule has 1 aromatic carbocycles. The number of nitrogens with one attached hydrogen (secondary N) is 1. The number of fused-ring (bicyclic) bond motifs is 1. The van der Waals surface area contributed by atoms with Gasteiger partial charge < -0.3 is 15.0 Å². The lowest BCUT2D eigenvalue weighted by molar-refractivity contribution is -0.142. The number of carbonyl (C=O) groups excluding carboxylic acids is 1. The van der Waals surface area contributed by atoms with Gasteiger partial charge in [-0.15, -0.1) is 0 Å². The summed E-state index contributed by atoms with van der Waals surface area (Å²) in [6, 6.07) is 12.9. The molecule has 152 valence electrons. The number of methoxy groups -OCH3 is 1. The minimum Gasteiger partial charge on any atom is -0.384 e.